The van der Waals surface area contributed by atoms with Gasteiger partial charge in [0.25, 0.3) is 0 Å². The Bertz CT molecular complexity index is 644. The second kappa shape index (κ2) is 7.32. The largest absolute Gasteiger partial charge is 0.383 e. The van der Waals surface area contributed by atoms with Crippen molar-refractivity contribution >= 4 is 26.3 Å². The first-order chi connectivity index (χ1) is 10.7. The zero-order valence-electron chi connectivity index (χ0n) is 14.0. The molecule has 1 saturated heterocycles. The molecule has 0 radical (unpaired) electrons. The Hall–Kier alpha value is -0.920. The SMILES string of the molecule is CCS(=O)(=O)c1ccc(NCC(C)(C)N2CCS(=O)CC2)cc1. The van der Waals surface area contributed by atoms with Crippen LogP contribution in [0.15, 0.2) is 29.2 Å². The fourth-order valence-corrected chi connectivity index (χ4v) is 4.56. The van der Waals surface area contributed by atoms with Gasteiger partial charge in [-0.25, -0.2) is 8.42 Å². The van der Waals surface area contributed by atoms with Crippen LogP contribution in [0.3, 0.4) is 0 Å². The van der Waals surface area contributed by atoms with E-state index < -0.39 is 20.6 Å². The van der Waals surface area contributed by atoms with E-state index in [0.29, 0.717) is 4.90 Å². The lowest BCUT2D eigenvalue weighted by molar-refractivity contribution is 0.145. The number of rotatable bonds is 6. The fraction of sp³-hybridized carbons (Fsp3) is 0.625. The molecule has 0 atom stereocenters. The van der Waals surface area contributed by atoms with Crippen LogP contribution in [0.25, 0.3) is 0 Å². The molecule has 7 heteroatoms. The number of nitrogens with one attached hydrogen (secondary N) is 1. The lowest BCUT2D eigenvalue weighted by Crippen LogP contribution is -2.53. The van der Waals surface area contributed by atoms with Crippen molar-refractivity contribution in [1.82, 2.24) is 4.90 Å². The summed E-state index contributed by atoms with van der Waals surface area (Å²) in [5.41, 5.74) is 0.868. The zero-order chi connectivity index (χ0) is 17.1. The van der Waals surface area contributed by atoms with Gasteiger partial charge in [0.15, 0.2) is 9.84 Å². The highest BCUT2D eigenvalue weighted by atomic mass is 32.2. The molecule has 23 heavy (non-hydrogen) atoms. The maximum absolute atomic E-state index is 11.8. The van der Waals surface area contributed by atoms with E-state index in [-0.39, 0.29) is 11.3 Å². The molecular formula is C16H26N2O3S2. The number of sulfone groups is 1. The standard InChI is InChI=1S/C16H26N2O3S2/c1-4-23(20,21)15-7-5-14(6-8-15)17-13-16(2,3)18-9-11-22(19)12-10-18/h5-8,17H,4,9-13H2,1-3H3. The van der Waals surface area contributed by atoms with Gasteiger partial charge in [0.1, 0.15) is 0 Å². The van der Waals surface area contributed by atoms with E-state index in [9.17, 15) is 12.6 Å². The maximum Gasteiger partial charge on any atom is 0.178 e. The summed E-state index contributed by atoms with van der Waals surface area (Å²) in [6, 6.07) is 6.92. The Labute approximate surface area is 141 Å². The van der Waals surface area contributed by atoms with Crippen molar-refractivity contribution in [2.45, 2.75) is 31.2 Å². The van der Waals surface area contributed by atoms with Crippen LogP contribution >= 0.6 is 0 Å². The molecule has 0 bridgehead atoms. The normalized spacial score (nSPS) is 18.0. The molecule has 0 unspecified atom stereocenters. The molecule has 0 spiro atoms. The second-order valence-electron chi connectivity index (χ2n) is 6.43. The lowest BCUT2D eigenvalue weighted by Gasteiger charge is -2.41. The smallest absolute Gasteiger partial charge is 0.178 e. The highest BCUT2D eigenvalue weighted by Crippen LogP contribution is 2.20. The van der Waals surface area contributed by atoms with Crippen LogP contribution in [-0.2, 0) is 20.6 Å². The van der Waals surface area contributed by atoms with Crippen molar-refractivity contribution in [1.29, 1.82) is 0 Å². The number of nitrogens with zero attached hydrogens (tertiary/aromatic N) is 1. The van der Waals surface area contributed by atoms with Crippen LogP contribution in [-0.4, -0.2) is 60.0 Å². The molecule has 1 aromatic carbocycles. The molecule has 5 nitrogen and oxygen atoms in total. The Morgan fingerprint density at radius 2 is 1.74 bits per heavy atom. The van der Waals surface area contributed by atoms with Gasteiger partial charge in [-0.1, -0.05) is 6.92 Å². The van der Waals surface area contributed by atoms with Gasteiger partial charge in [-0.3, -0.25) is 9.11 Å². The monoisotopic (exact) mass is 358 g/mol. The van der Waals surface area contributed by atoms with E-state index in [1.54, 1.807) is 19.1 Å². The molecule has 0 aliphatic carbocycles. The molecule has 0 aromatic heterocycles. The minimum absolute atomic E-state index is 0.0429. The molecular weight excluding hydrogens is 332 g/mol. The van der Waals surface area contributed by atoms with Crippen LogP contribution < -0.4 is 5.32 Å². The summed E-state index contributed by atoms with van der Waals surface area (Å²) in [5, 5.41) is 3.38. The van der Waals surface area contributed by atoms with E-state index in [4.69, 9.17) is 0 Å². The van der Waals surface area contributed by atoms with Gasteiger partial charge >= 0.3 is 0 Å². The molecule has 1 aromatic rings. The zero-order valence-corrected chi connectivity index (χ0v) is 15.7. The van der Waals surface area contributed by atoms with E-state index in [2.05, 4.69) is 24.1 Å². The Kier molecular flexibility index (Phi) is 5.86. The summed E-state index contributed by atoms with van der Waals surface area (Å²) in [4.78, 5) is 2.72. The lowest BCUT2D eigenvalue weighted by atomic mass is 10.0. The van der Waals surface area contributed by atoms with Crippen molar-refractivity contribution in [2.24, 2.45) is 0 Å². The van der Waals surface area contributed by atoms with Gasteiger partial charge in [-0.15, -0.1) is 0 Å². The number of hydrogen-bond acceptors (Lipinski definition) is 5. The van der Waals surface area contributed by atoms with Gasteiger partial charge < -0.3 is 5.32 Å². The van der Waals surface area contributed by atoms with Crippen molar-refractivity contribution < 1.29 is 12.6 Å². The molecule has 1 heterocycles. The highest BCUT2D eigenvalue weighted by Gasteiger charge is 2.29. The summed E-state index contributed by atoms with van der Waals surface area (Å²) in [7, 11) is -3.81. The van der Waals surface area contributed by atoms with E-state index >= 15 is 0 Å². The topological polar surface area (TPSA) is 66.5 Å². The van der Waals surface area contributed by atoms with Crippen molar-refractivity contribution in [3.8, 4) is 0 Å². The summed E-state index contributed by atoms with van der Waals surface area (Å²) in [6.07, 6.45) is 0. The predicted molar refractivity (Wildman–Crippen MR) is 96.2 cm³/mol. The minimum Gasteiger partial charge on any atom is -0.383 e. The summed E-state index contributed by atoms with van der Waals surface area (Å²) < 4.78 is 35.1. The third-order valence-electron chi connectivity index (χ3n) is 4.35. The van der Waals surface area contributed by atoms with E-state index in [1.165, 1.54) is 0 Å². The summed E-state index contributed by atoms with van der Waals surface area (Å²) >= 11 is 0. The number of hydrogen-bond donors (Lipinski definition) is 1. The Morgan fingerprint density at radius 3 is 2.26 bits per heavy atom. The molecule has 0 amide bonds. The van der Waals surface area contributed by atoms with Crippen LogP contribution in [0.5, 0.6) is 0 Å². The number of benzene rings is 1. The molecule has 130 valence electrons. The summed E-state index contributed by atoms with van der Waals surface area (Å²) in [6.45, 7) is 8.45. The Morgan fingerprint density at radius 1 is 1.17 bits per heavy atom. The first kappa shape index (κ1) is 18.4. The average molecular weight is 359 g/mol. The minimum atomic E-state index is -3.15. The first-order valence-corrected chi connectivity index (χ1v) is 11.1. The first-order valence-electron chi connectivity index (χ1n) is 7.91. The average Bonchev–Trinajstić information content (AvgIpc) is 2.54. The van der Waals surface area contributed by atoms with Crippen LogP contribution in [0.2, 0.25) is 0 Å². The van der Waals surface area contributed by atoms with Gasteiger partial charge in [0, 0.05) is 53.2 Å². The quantitative estimate of drug-likeness (QED) is 0.839. The molecule has 1 fully saturated rings. The third kappa shape index (κ3) is 4.78. The predicted octanol–water partition coefficient (Wildman–Crippen LogP) is 1.73. The van der Waals surface area contributed by atoms with Gasteiger partial charge in [0.05, 0.1) is 10.6 Å². The van der Waals surface area contributed by atoms with E-state index in [0.717, 1.165) is 36.8 Å². The van der Waals surface area contributed by atoms with Crippen molar-refractivity contribution in [3.63, 3.8) is 0 Å². The van der Waals surface area contributed by atoms with Crippen LogP contribution in [0.1, 0.15) is 20.8 Å². The Balaban J connectivity index is 1.96. The maximum atomic E-state index is 11.8. The van der Waals surface area contributed by atoms with Gasteiger partial charge in [-0.05, 0) is 38.1 Å². The summed E-state index contributed by atoms with van der Waals surface area (Å²) in [5.74, 6) is 1.60. The molecule has 1 aliphatic rings. The number of anilines is 1. The molecule has 2 rings (SSSR count). The third-order valence-corrected chi connectivity index (χ3v) is 7.38. The van der Waals surface area contributed by atoms with Crippen LogP contribution in [0, 0.1) is 0 Å². The second-order valence-corrected chi connectivity index (χ2v) is 10.4. The highest BCUT2D eigenvalue weighted by molar-refractivity contribution is 7.91. The van der Waals surface area contributed by atoms with Crippen molar-refractivity contribution in [3.05, 3.63) is 24.3 Å². The van der Waals surface area contributed by atoms with Crippen LogP contribution in [0.4, 0.5) is 5.69 Å². The van der Waals surface area contributed by atoms with Crippen molar-refractivity contribution in [2.75, 3.05) is 42.2 Å². The van der Waals surface area contributed by atoms with Gasteiger partial charge in [-0.2, -0.15) is 0 Å². The molecule has 1 aliphatic heterocycles. The van der Waals surface area contributed by atoms with E-state index in [1.807, 2.05) is 12.1 Å². The van der Waals surface area contributed by atoms with Gasteiger partial charge in [0.2, 0.25) is 0 Å². The fourth-order valence-electron chi connectivity index (χ4n) is 2.62. The molecule has 1 N–H and O–H groups in total. The molecule has 0 saturated carbocycles.